The molecule has 0 aromatic heterocycles. The highest BCUT2D eigenvalue weighted by atomic mass is 19.4. The molecule has 13 heteroatoms. The van der Waals surface area contributed by atoms with Gasteiger partial charge in [0.25, 0.3) is 5.69 Å². The average Bonchev–Trinajstić information content (AvgIpc) is 2.62. The Hall–Kier alpha value is -2.28. The molecule has 0 aliphatic carbocycles. The van der Waals surface area contributed by atoms with Crippen LogP contribution in [-0.4, -0.2) is 18.3 Å². The van der Waals surface area contributed by atoms with Gasteiger partial charge in [0.2, 0.25) is 0 Å². The second-order valence-electron chi connectivity index (χ2n) is 4.04. The molecule has 0 fully saturated rings. The van der Waals surface area contributed by atoms with E-state index in [0.29, 0.717) is 5.01 Å². The number of benzene rings is 1. The van der Waals surface area contributed by atoms with Crippen LogP contribution in [0.5, 0.6) is 0 Å². The van der Waals surface area contributed by atoms with Gasteiger partial charge in [-0.15, -0.1) is 13.2 Å². The first-order chi connectivity index (χ1) is 9.90. The topological polar surface area (TPSA) is 73.0 Å². The molecule has 1 aliphatic rings. The van der Waals surface area contributed by atoms with E-state index in [1.54, 1.807) is 0 Å². The second-order valence-corrected chi connectivity index (χ2v) is 4.04. The predicted molar refractivity (Wildman–Crippen MR) is 59.5 cm³/mol. The Morgan fingerprint density at radius 3 is 2.27 bits per heavy atom. The fourth-order valence-electron chi connectivity index (χ4n) is 1.76. The SMILES string of the molecule is CN1[N-]N(OC(F)(F)F)c2cc(C(F)(F)F)cc([N+](=O)[O-])c21. The molecular formula is C9H5F6N4O3-. The summed E-state index contributed by atoms with van der Waals surface area (Å²) in [5, 5.41) is 11.2. The minimum absolute atomic E-state index is 0.210. The van der Waals surface area contributed by atoms with Gasteiger partial charge in [0.05, 0.1) is 16.2 Å². The fraction of sp³-hybridized carbons (Fsp3) is 0.333. The van der Waals surface area contributed by atoms with Crippen LogP contribution in [-0.2, 0) is 11.0 Å². The first-order valence-corrected chi connectivity index (χ1v) is 5.31. The number of hydrogen-bond acceptors (Lipinski definition) is 5. The van der Waals surface area contributed by atoms with Crippen LogP contribution in [0.2, 0.25) is 0 Å². The van der Waals surface area contributed by atoms with Crippen molar-refractivity contribution >= 4 is 17.1 Å². The van der Waals surface area contributed by atoms with Gasteiger partial charge in [-0.25, -0.2) is 0 Å². The van der Waals surface area contributed by atoms with Gasteiger partial charge in [0, 0.05) is 6.07 Å². The molecule has 0 spiro atoms. The molecule has 0 radical (unpaired) electrons. The normalized spacial score (nSPS) is 15.2. The summed E-state index contributed by atoms with van der Waals surface area (Å²) in [6.07, 6.45) is -10.2. The van der Waals surface area contributed by atoms with Gasteiger partial charge in [-0.3, -0.25) is 10.1 Å². The standard InChI is InChI=1S/C9H5F6N4O3/c1-17-7-5(18(16-17)22-9(13,14)15)2-4(8(10,11)12)3-6(7)19(20)21/h2-3H,1H3/q-1. The van der Waals surface area contributed by atoms with Gasteiger partial charge in [-0.05, 0) is 13.1 Å². The van der Waals surface area contributed by atoms with Crippen molar-refractivity contribution in [3.05, 3.63) is 33.3 Å². The molecule has 0 N–H and O–H groups in total. The number of halogens is 6. The summed E-state index contributed by atoms with van der Waals surface area (Å²) in [6, 6.07) is 0.489. The third-order valence-corrected chi connectivity index (χ3v) is 2.53. The molecule has 0 atom stereocenters. The quantitative estimate of drug-likeness (QED) is 0.471. The van der Waals surface area contributed by atoms with E-state index in [2.05, 4.69) is 10.4 Å². The van der Waals surface area contributed by atoms with Crippen molar-refractivity contribution < 1.29 is 36.1 Å². The highest BCUT2D eigenvalue weighted by Crippen LogP contribution is 2.49. The molecule has 0 saturated carbocycles. The zero-order chi connectivity index (χ0) is 16.9. The van der Waals surface area contributed by atoms with Crippen molar-refractivity contribution in [3.8, 4) is 0 Å². The van der Waals surface area contributed by atoms with Crippen molar-refractivity contribution in [3.63, 3.8) is 0 Å². The molecule has 7 nitrogen and oxygen atoms in total. The Morgan fingerprint density at radius 1 is 1.23 bits per heavy atom. The molecule has 2 rings (SSSR count). The van der Waals surface area contributed by atoms with Crippen LogP contribution in [0.4, 0.5) is 43.4 Å². The molecule has 22 heavy (non-hydrogen) atoms. The first-order valence-electron chi connectivity index (χ1n) is 5.31. The molecule has 1 aliphatic heterocycles. The Balaban J connectivity index is 2.61. The number of anilines is 2. The molecule has 1 aromatic carbocycles. The van der Waals surface area contributed by atoms with Crippen LogP contribution < -0.4 is 10.2 Å². The summed E-state index contributed by atoms with van der Waals surface area (Å²) in [7, 11) is 1.03. The maximum atomic E-state index is 12.7. The third kappa shape index (κ3) is 2.99. The largest absolute Gasteiger partial charge is 0.542 e. The van der Waals surface area contributed by atoms with Crippen molar-refractivity contribution in [2.24, 2.45) is 0 Å². The van der Waals surface area contributed by atoms with Gasteiger partial charge < -0.3 is 15.7 Å². The smallest absolute Gasteiger partial charge is 0.448 e. The maximum Gasteiger partial charge on any atom is 0.542 e. The summed E-state index contributed by atoms with van der Waals surface area (Å²) < 4.78 is 74.8. The van der Waals surface area contributed by atoms with Gasteiger partial charge >= 0.3 is 12.5 Å². The van der Waals surface area contributed by atoms with Gasteiger partial charge in [-0.2, -0.15) is 18.0 Å². The van der Waals surface area contributed by atoms with Gasteiger partial charge in [0.1, 0.15) is 5.69 Å². The van der Waals surface area contributed by atoms with Crippen LogP contribution in [0.1, 0.15) is 5.56 Å². The van der Waals surface area contributed by atoms with E-state index in [-0.39, 0.29) is 17.3 Å². The van der Waals surface area contributed by atoms with Gasteiger partial charge in [-0.1, -0.05) is 0 Å². The van der Waals surface area contributed by atoms with Gasteiger partial charge in [0.15, 0.2) is 0 Å². The predicted octanol–water partition coefficient (Wildman–Crippen LogP) is 3.52. The lowest BCUT2D eigenvalue weighted by Gasteiger charge is -2.34. The summed E-state index contributed by atoms with van der Waals surface area (Å²) in [4.78, 5) is 13.1. The molecule has 122 valence electrons. The lowest BCUT2D eigenvalue weighted by atomic mass is 10.1. The number of nitro benzene ring substituents is 1. The average molecular weight is 331 g/mol. The monoisotopic (exact) mass is 331 g/mol. The number of fused-ring (bicyclic) bond motifs is 1. The third-order valence-electron chi connectivity index (χ3n) is 2.53. The first kappa shape index (κ1) is 16.1. The Bertz CT molecular complexity index is 617. The highest BCUT2D eigenvalue weighted by molar-refractivity contribution is 5.86. The molecule has 1 heterocycles. The minimum atomic E-state index is -5.24. The summed E-state index contributed by atoms with van der Waals surface area (Å²) >= 11 is 0. The van der Waals surface area contributed by atoms with Crippen molar-refractivity contribution in [1.82, 2.24) is 0 Å². The number of nitro groups is 1. The molecule has 0 amide bonds. The summed E-state index contributed by atoms with van der Waals surface area (Å²) in [6.45, 7) is 0. The van der Waals surface area contributed by atoms with E-state index < -0.39 is 40.1 Å². The molecule has 1 aromatic rings. The van der Waals surface area contributed by atoms with E-state index in [4.69, 9.17) is 0 Å². The van der Waals surface area contributed by atoms with Crippen LogP contribution in [0.3, 0.4) is 0 Å². The van der Waals surface area contributed by atoms with Crippen LogP contribution in [0.15, 0.2) is 12.1 Å². The lowest BCUT2D eigenvalue weighted by Crippen LogP contribution is -2.27. The van der Waals surface area contributed by atoms with Crippen LogP contribution in [0.25, 0.3) is 5.53 Å². The number of nitrogens with zero attached hydrogens (tertiary/aromatic N) is 4. The lowest BCUT2D eigenvalue weighted by molar-refractivity contribution is -0.384. The van der Waals surface area contributed by atoms with Crippen LogP contribution >= 0.6 is 0 Å². The van der Waals surface area contributed by atoms with E-state index in [0.717, 1.165) is 7.05 Å². The summed E-state index contributed by atoms with van der Waals surface area (Å²) in [5.74, 6) is 0. The van der Waals surface area contributed by atoms with E-state index in [9.17, 15) is 36.5 Å². The fourth-order valence-corrected chi connectivity index (χ4v) is 1.76. The maximum absolute atomic E-state index is 12.7. The zero-order valence-electron chi connectivity index (χ0n) is 10.4. The Morgan fingerprint density at radius 2 is 1.82 bits per heavy atom. The van der Waals surface area contributed by atoms with Crippen molar-refractivity contribution in [2.45, 2.75) is 12.5 Å². The molecular weight excluding hydrogens is 326 g/mol. The van der Waals surface area contributed by atoms with Crippen LogP contribution in [0, 0.1) is 10.1 Å². The van der Waals surface area contributed by atoms with E-state index >= 15 is 0 Å². The van der Waals surface area contributed by atoms with Crippen molar-refractivity contribution in [2.75, 3.05) is 17.2 Å². The van der Waals surface area contributed by atoms with Crippen molar-refractivity contribution in [1.29, 1.82) is 0 Å². The Kier molecular flexibility index (Phi) is 3.57. The summed E-state index contributed by atoms with van der Waals surface area (Å²) in [5.41, 5.74) is -0.791. The zero-order valence-corrected chi connectivity index (χ0v) is 10.4. The molecule has 0 unspecified atom stereocenters. The number of rotatable bonds is 2. The second kappa shape index (κ2) is 4.88. The number of hydrogen-bond donors (Lipinski definition) is 0. The van der Waals surface area contributed by atoms with E-state index in [1.165, 1.54) is 0 Å². The van der Waals surface area contributed by atoms with E-state index in [1.807, 2.05) is 0 Å². The minimum Gasteiger partial charge on any atom is -0.448 e. The molecule has 0 bridgehead atoms. The highest BCUT2D eigenvalue weighted by Gasteiger charge is 2.39. The molecule has 0 saturated heterocycles. The number of alkyl halides is 6. The Labute approximate surface area is 117 Å².